The van der Waals surface area contributed by atoms with E-state index in [9.17, 15) is 0 Å². The van der Waals surface area contributed by atoms with Crippen LogP contribution in [0, 0.1) is 16.7 Å². The number of nitrogens with two attached hydrogens (primary N) is 1. The van der Waals surface area contributed by atoms with Crippen LogP contribution in [0.1, 0.15) is 40.0 Å². The van der Waals surface area contributed by atoms with E-state index in [0.717, 1.165) is 11.7 Å². The van der Waals surface area contributed by atoms with E-state index in [0.29, 0.717) is 17.3 Å². The van der Waals surface area contributed by atoms with Crippen LogP contribution in [0.15, 0.2) is 6.07 Å². The summed E-state index contributed by atoms with van der Waals surface area (Å²) in [5.41, 5.74) is 6.37. The number of nitrogens with one attached hydrogen (secondary N) is 1. The highest BCUT2D eigenvalue weighted by Gasteiger charge is 2.59. The predicted molar refractivity (Wildman–Crippen MR) is 79.6 cm³/mol. The Labute approximate surface area is 120 Å². The standard InChI is InChI=1S/C15H24N4O/c1-14(2)9-5-6-15(3,8-9)12(14)17-10-7-11(20-4)19-13(16)18-10/h7,9,12H,5-6,8H2,1-4H3,(H3,16,17,18,19). The number of ether oxygens (including phenoxy) is 1. The number of nitrogens with zero attached hydrogens (tertiary/aromatic N) is 2. The number of rotatable bonds is 3. The third-order valence-corrected chi connectivity index (χ3v) is 5.49. The van der Waals surface area contributed by atoms with Gasteiger partial charge in [-0.2, -0.15) is 9.97 Å². The first-order valence-corrected chi connectivity index (χ1v) is 7.30. The normalized spacial score (nSPS) is 34.2. The number of fused-ring (bicyclic) bond motifs is 2. The molecular formula is C15H24N4O. The van der Waals surface area contributed by atoms with E-state index in [1.807, 2.05) is 6.07 Å². The van der Waals surface area contributed by atoms with E-state index >= 15 is 0 Å². The molecule has 0 spiro atoms. The number of nitrogen functional groups attached to an aromatic ring is 1. The molecule has 3 unspecified atom stereocenters. The molecule has 2 aliphatic carbocycles. The largest absolute Gasteiger partial charge is 0.481 e. The van der Waals surface area contributed by atoms with E-state index in [1.54, 1.807) is 7.11 Å². The summed E-state index contributed by atoms with van der Waals surface area (Å²) < 4.78 is 5.17. The van der Waals surface area contributed by atoms with E-state index in [-0.39, 0.29) is 11.4 Å². The van der Waals surface area contributed by atoms with Gasteiger partial charge >= 0.3 is 0 Å². The summed E-state index contributed by atoms with van der Waals surface area (Å²) in [6.45, 7) is 7.12. The van der Waals surface area contributed by atoms with E-state index in [1.165, 1.54) is 19.3 Å². The number of aromatic nitrogens is 2. The molecule has 0 amide bonds. The Morgan fingerprint density at radius 2 is 2.10 bits per heavy atom. The van der Waals surface area contributed by atoms with Crippen LogP contribution in [0.3, 0.4) is 0 Å². The summed E-state index contributed by atoms with van der Waals surface area (Å²) in [4.78, 5) is 8.33. The summed E-state index contributed by atoms with van der Waals surface area (Å²) in [6, 6.07) is 2.23. The zero-order valence-electron chi connectivity index (χ0n) is 12.7. The fraction of sp³-hybridized carbons (Fsp3) is 0.733. The molecule has 110 valence electrons. The van der Waals surface area contributed by atoms with Crippen molar-refractivity contribution in [1.82, 2.24) is 9.97 Å². The molecule has 5 nitrogen and oxygen atoms in total. The summed E-state index contributed by atoms with van der Waals surface area (Å²) in [6.07, 6.45) is 3.93. The van der Waals surface area contributed by atoms with Crippen molar-refractivity contribution in [3.05, 3.63) is 6.07 Å². The lowest BCUT2D eigenvalue weighted by atomic mass is 9.68. The maximum Gasteiger partial charge on any atom is 0.225 e. The Hall–Kier alpha value is -1.52. The lowest BCUT2D eigenvalue weighted by molar-refractivity contribution is 0.155. The SMILES string of the molecule is COc1cc(NC2C3(C)CCC(C3)C2(C)C)nc(N)n1. The Bertz CT molecular complexity index is 526. The van der Waals surface area contributed by atoms with Crippen LogP contribution in [0.4, 0.5) is 11.8 Å². The van der Waals surface area contributed by atoms with Crippen LogP contribution >= 0.6 is 0 Å². The lowest BCUT2D eigenvalue weighted by Crippen LogP contribution is -2.46. The van der Waals surface area contributed by atoms with Crippen LogP contribution < -0.4 is 15.8 Å². The van der Waals surface area contributed by atoms with Gasteiger partial charge in [0.15, 0.2) is 0 Å². The molecule has 1 aromatic heterocycles. The van der Waals surface area contributed by atoms with Crippen LogP contribution in [0.5, 0.6) is 5.88 Å². The molecule has 0 saturated heterocycles. The number of hydrogen-bond acceptors (Lipinski definition) is 5. The van der Waals surface area contributed by atoms with Crippen molar-refractivity contribution in [3.8, 4) is 5.88 Å². The molecule has 3 N–H and O–H groups in total. The first-order valence-electron chi connectivity index (χ1n) is 7.30. The van der Waals surface area contributed by atoms with E-state index in [4.69, 9.17) is 10.5 Å². The lowest BCUT2D eigenvalue weighted by Gasteiger charge is -2.43. The second-order valence-electron chi connectivity index (χ2n) is 7.15. The monoisotopic (exact) mass is 276 g/mol. The van der Waals surface area contributed by atoms with Crippen LogP contribution in [0.25, 0.3) is 0 Å². The fourth-order valence-corrected chi connectivity index (χ4v) is 4.43. The maximum absolute atomic E-state index is 5.74. The van der Waals surface area contributed by atoms with Crippen LogP contribution in [0.2, 0.25) is 0 Å². The van der Waals surface area contributed by atoms with Crippen molar-refractivity contribution >= 4 is 11.8 Å². The number of methoxy groups -OCH3 is 1. The average molecular weight is 276 g/mol. The van der Waals surface area contributed by atoms with Crippen molar-refractivity contribution in [1.29, 1.82) is 0 Å². The zero-order valence-corrected chi connectivity index (χ0v) is 12.7. The van der Waals surface area contributed by atoms with Crippen molar-refractivity contribution in [3.63, 3.8) is 0 Å². The summed E-state index contributed by atoms with van der Waals surface area (Å²) in [7, 11) is 1.59. The van der Waals surface area contributed by atoms with Crippen LogP contribution in [-0.4, -0.2) is 23.1 Å². The molecule has 20 heavy (non-hydrogen) atoms. The second kappa shape index (κ2) is 4.24. The van der Waals surface area contributed by atoms with Gasteiger partial charge in [0.25, 0.3) is 0 Å². The highest BCUT2D eigenvalue weighted by atomic mass is 16.5. The van der Waals surface area contributed by atoms with Gasteiger partial charge < -0.3 is 15.8 Å². The molecule has 3 rings (SSSR count). The third kappa shape index (κ3) is 1.91. The smallest absolute Gasteiger partial charge is 0.225 e. The topological polar surface area (TPSA) is 73.1 Å². The van der Waals surface area contributed by atoms with E-state index in [2.05, 4.69) is 36.1 Å². The molecule has 0 aromatic carbocycles. The quantitative estimate of drug-likeness (QED) is 0.888. The highest BCUT2D eigenvalue weighted by molar-refractivity contribution is 5.45. The molecule has 5 heteroatoms. The Morgan fingerprint density at radius 3 is 2.70 bits per heavy atom. The minimum absolute atomic E-state index is 0.248. The van der Waals surface area contributed by atoms with Gasteiger partial charge in [-0.05, 0) is 36.0 Å². The predicted octanol–water partition coefficient (Wildman–Crippen LogP) is 2.69. The van der Waals surface area contributed by atoms with Crippen LogP contribution in [-0.2, 0) is 0 Å². The maximum atomic E-state index is 5.74. The van der Waals surface area contributed by atoms with E-state index < -0.39 is 0 Å². The van der Waals surface area contributed by atoms with Gasteiger partial charge in [0.05, 0.1) is 7.11 Å². The molecule has 2 bridgehead atoms. The first-order chi connectivity index (χ1) is 9.35. The molecule has 1 aromatic rings. The van der Waals surface area contributed by atoms with Gasteiger partial charge in [0, 0.05) is 12.1 Å². The minimum Gasteiger partial charge on any atom is -0.481 e. The van der Waals surface area contributed by atoms with Crippen molar-refractivity contribution < 1.29 is 4.74 Å². The molecule has 1 heterocycles. The number of hydrogen-bond donors (Lipinski definition) is 2. The summed E-state index contributed by atoms with van der Waals surface area (Å²) >= 11 is 0. The van der Waals surface area contributed by atoms with Gasteiger partial charge in [-0.1, -0.05) is 20.8 Å². The average Bonchev–Trinajstić information content (AvgIpc) is 2.85. The Balaban J connectivity index is 1.89. The summed E-state index contributed by atoms with van der Waals surface area (Å²) in [5, 5.41) is 3.61. The molecule has 0 aliphatic heterocycles. The molecule has 2 aliphatic rings. The third-order valence-electron chi connectivity index (χ3n) is 5.49. The molecule has 0 radical (unpaired) electrons. The van der Waals surface area contributed by atoms with Crippen molar-refractivity contribution in [2.45, 2.75) is 46.1 Å². The molecule has 3 atom stereocenters. The van der Waals surface area contributed by atoms with Gasteiger partial charge in [-0.3, -0.25) is 0 Å². The molecule has 2 fully saturated rings. The Morgan fingerprint density at radius 1 is 1.35 bits per heavy atom. The first kappa shape index (κ1) is 13.5. The van der Waals surface area contributed by atoms with Gasteiger partial charge in [-0.15, -0.1) is 0 Å². The van der Waals surface area contributed by atoms with Crippen molar-refractivity contribution in [2.75, 3.05) is 18.2 Å². The van der Waals surface area contributed by atoms with Gasteiger partial charge in [0.1, 0.15) is 5.82 Å². The Kier molecular flexibility index (Phi) is 2.85. The fourth-order valence-electron chi connectivity index (χ4n) is 4.43. The van der Waals surface area contributed by atoms with Crippen molar-refractivity contribution in [2.24, 2.45) is 16.7 Å². The number of anilines is 2. The zero-order chi connectivity index (χ0) is 14.5. The van der Waals surface area contributed by atoms with Gasteiger partial charge in [-0.25, -0.2) is 0 Å². The summed E-state index contributed by atoms with van der Waals surface area (Å²) in [5.74, 6) is 2.32. The molecule has 2 saturated carbocycles. The second-order valence-corrected chi connectivity index (χ2v) is 7.15. The highest BCUT2D eigenvalue weighted by Crippen LogP contribution is 2.63. The molecular weight excluding hydrogens is 252 g/mol. The van der Waals surface area contributed by atoms with Gasteiger partial charge in [0.2, 0.25) is 11.8 Å². The minimum atomic E-state index is 0.248.